The lowest BCUT2D eigenvalue weighted by Gasteiger charge is -2.26. The molecule has 1 aromatic carbocycles. The van der Waals surface area contributed by atoms with Crippen molar-refractivity contribution < 1.29 is 14.7 Å². The molecule has 6 heteroatoms. The standard InChI is InChI=1S/C18H21N3O3/c1-3-18(4-2,17(23)24)11-20-16(22)14-10-19-12-21-15(14)13-8-6-5-7-9-13/h5-10,12H,3-4,11H2,1-2H3,(H,20,22)(H,23,24). The summed E-state index contributed by atoms with van der Waals surface area (Å²) in [6.45, 7) is 3.69. The minimum Gasteiger partial charge on any atom is -0.481 e. The van der Waals surface area contributed by atoms with E-state index in [-0.39, 0.29) is 12.5 Å². The van der Waals surface area contributed by atoms with E-state index in [0.717, 1.165) is 5.56 Å². The van der Waals surface area contributed by atoms with Crippen molar-refractivity contribution >= 4 is 11.9 Å². The van der Waals surface area contributed by atoms with Crippen molar-refractivity contribution in [2.45, 2.75) is 26.7 Å². The van der Waals surface area contributed by atoms with Gasteiger partial charge in [0, 0.05) is 18.3 Å². The molecular formula is C18H21N3O3. The second-order valence-corrected chi connectivity index (χ2v) is 5.63. The number of aromatic nitrogens is 2. The van der Waals surface area contributed by atoms with Crippen molar-refractivity contribution in [1.82, 2.24) is 15.3 Å². The van der Waals surface area contributed by atoms with Gasteiger partial charge in [-0.15, -0.1) is 0 Å². The maximum absolute atomic E-state index is 12.6. The van der Waals surface area contributed by atoms with Gasteiger partial charge in [-0.2, -0.15) is 0 Å². The average molecular weight is 327 g/mol. The molecule has 0 spiro atoms. The smallest absolute Gasteiger partial charge is 0.311 e. The summed E-state index contributed by atoms with van der Waals surface area (Å²) in [4.78, 5) is 32.2. The van der Waals surface area contributed by atoms with E-state index in [4.69, 9.17) is 0 Å². The summed E-state index contributed by atoms with van der Waals surface area (Å²) in [7, 11) is 0. The topological polar surface area (TPSA) is 92.2 Å². The molecule has 0 radical (unpaired) electrons. The number of benzene rings is 1. The number of carboxylic acids is 1. The number of amides is 1. The van der Waals surface area contributed by atoms with Crippen LogP contribution in [0.3, 0.4) is 0 Å². The fourth-order valence-electron chi connectivity index (χ4n) is 2.54. The molecule has 24 heavy (non-hydrogen) atoms. The highest BCUT2D eigenvalue weighted by Crippen LogP contribution is 2.26. The number of hydrogen-bond donors (Lipinski definition) is 2. The number of aliphatic carboxylic acids is 1. The lowest BCUT2D eigenvalue weighted by molar-refractivity contribution is -0.149. The normalized spacial score (nSPS) is 11.1. The summed E-state index contributed by atoms with van der Waals surface area (Å²) in [5.41, 5.74) is 0.700. The lowest BCUT2D eigenvalue weighted by Crippen LogP contribution is -2.42. The third-order valence-corrected chi connectivity index (χ3v) is 4.40. The maximum Gasteiger partial charge on any atom is 0.311 e. The van der Waals surface area contributed by atoms with E-state index >= 15 is 0 Å². The molecule has 1 aromatic heterocycles. The molecule has 0 bridgehead atoms. The Kier molecular flexibility index (Phi) is 5.63. The van der Waals surface area contributed by atoms with E-state index in [1.165, 1.54) is 12.5 Å². The van der Waals surface area contributed by atoms with E-state index in [0.29, 0.717) is 24.1 Å². The zero-order valence-electron chi connectivity index (χ0n) is 13.8. The summed E-state index contributed by atoms with van der Waals surface area (Å²) >= 11 is 0. The first kappa shape index (κ1) is 17.6. The van der Waals surface area contributed by atoms with E-state index in [2.05, 4.69) is 15.3 Å². The molecule has 2 aromatic rings. The van der Waals surface area contributed by atoms with E-state index < -0.39 is 11.4 Å². The molecule has 126 valence electrons. The number of carboxylic acid groups (broad SMARTS) is 1. The van der Waals surface area contributed by atoms with Crippen LogP contribution < -0.4 is 5.32 Å². The molecule has 0 saturated carbocycles. The zero-order valence-corrected chi connectivity index (χ0v) is 13.8. The van der Waals surface area contributed by atoms with Crippen LogP contribution in [0.5, 0.6) is 0 Å². The Labute approximate surface area is 141 Å². The van der Waals surface area contributed by atoms with E-state index in [1.807, 2.05) is 44.2 Å². The first-order chi connectivity index (χ1) is 11.5. The monoisotopic (exact) mass is 327 g/mol. The molecule has 6 nitrogen and oxygen atoms in total. The van der Waals surface area contributed by atoms with Crippen LogP contribution in [-0.2, 0) is 4.79 Å². The quantitative estimate of drug-likeness (QED) is 0.816. The van der Waals surface area contributed by atoms with Crippen LogP contribution >= 0.6 is 0 Å². The molecule has 2 N–H and O–H groups in total. The summed E-state index contributed by atoms with van der Waals surface area (Å²) in [6.07, 6.45) is 3.72. The molecule has 1 heterocycles. The lowest BCUT2D eigenvalue weighted by atomic mass is 9.82. The molecule has 0 aliphatic carbocycles. The van der Waals surface area contributed by atoms with Crippen LogP contribution in [0.2, 0.25) is 0 Å². The minimum absolute atomic E-state index is 0.0668. The van der Waals surface area contributed by atoms with Crippen molar-refractivity contribution in [3.05, 3.63) is 48.4 Å². The Morgan fingerprint density at radius 2 is 1.83 bits per heavy atom. The maximum atomic E-state index is 12.6. The SMILES string of the molecule is CCC(CC)(CNC(=O)c1cncnc1-c1ccccc1)C(=O)O. The highest BCUT2D eigenvalue weighted by atomic mass is 16.4. The van der Waals surface area contributed by atoms with Gasteiger partial charge in [0.25, 0.3) is 5.91 Å². The van der Waals surface area contributed by atoms with Crippen molar-refractivity contribution in [1.29, 1.82) is 0 Å². The van der Waals surface area contributed by atoms with E-state index in [9.17, 15) is 14.7 Å². The van der Waals surface area contributed by atoms with Gasteiger partial charge in [-0.05, 0) is 12.8 Å². The highest BCUT2D eigenvalue weighted by molar-refractivity contribution is 5.99. The van der Waals surface area contributed by atoms with Gasteiger partial charge in [0.05, 0.1) is 16.7 Å². The van der Waals surface area contributed by atoms with Gasteiger partial charge < -0.3 is 10.4 Å². The zero-order chi connectivity index (χ0) is 17.6. The highest BCUT2D eigenvalue weighted by Gasteiger charge is 2.35. The second-order valence-electron chi connectivity index (χ2n) is 5.63. The summed E-state index contributed by atoms with van der Waals surface area (Å²) < 4.78 is 0. The summed E-state index contributed by atoms with van der Waals surface area (Å²) in [5.74, 6) is -1.28. The van der Waals surface area contributed by atoms with Crippen LogP contribution in [0, 0.1) is 5.41 Å². The fraction of sp³-hybridized carbons (Fsp3) is 0.333. The molecule has 0 atom stereocenters. The Hall–Kier alpha value is -2.76. The minimum atomic E-state index is -0.960. The van der Waals surface area contributed by atoms with Crippen molar-refractivity contribution in [3.8, 4) is 11.3 Å². The van der Waals surface area contributed by atoms with Crippen molar-refractivity contribution in [2.75, 3.05) is 6.54 Å². The molecule has 0 unspecified atom stereocenters. The predicted octanol–water partition coefficient (Wildman–Crippen LogP) is 2.76. The molecule has 2 rings (SSSR count). The summed E-state index contributed by atoms with van der Waals surface area (Å²) in [5, 5.41) is 12.2. The molecule has 1 amide bonds. The number of nitrogens with one attached hydrogen (secondary N) is 1. The van der Waals surface area contributed by atoms with Crippen LogP contribution in [0.25, 0.3) is 11.3 Å². The van der Waals surface area contributed by atoms with Crippen molar-refractivity contribution in [2.24, 2.45) is 5.41 Å². The van der Waals surface area contributed by atoms with Crippen LogP contribution in [-0.4, -0.2) is 33.5 Å². The number of carbonyl (C=O) groups is 2. The predicted molar refractivity (Wildman–Crippen MR) is 90.5 cm³/mol. The first-order valence-electron chi connectivity index (χ1n) is 7.91. The van der Waals surface area contributed by atoms with E-state index in [1.54, 1.807) is 0 Å². The molecule has 0 aliphatic heterocycles. The second kappa shape index (κ2) is 7.68. The molecule has 0 saturated heterocycles. The van der Waals surface area contributed by atoms with Crippen LogP contribution in [0.1, 0.15) is 37.0 Å². The average Bonchev–Trinajstić information content (AvgIpc) is 2.63. The largest absolute Gasteiger partial charge is 0.481 e. The molecular weight excluding hydrogens is 306 g/mol. The number of hydrogen-bond acceptors (Lipinski definition) is 4. The number of carbonyl (C=O) groups excluding carboxylic acids is 1. The third-order valence-electron chi connectivity index (χ3n) is 4.40. The Bertz CT molecular complexity index is 712. The Balaban J connectivity index is 2.24. The van der Waals surface area contributed by atoms with Crippen molar-refractivity contribution in [3.63, 3.8) is 0 Å². The van der Waals surface area contributed by atoms with Gasteiger partial charge in [0.2, 0.25) is 0 Å². The third kappa shape index (κ3) is 3.59. The van der Waals surface area contributed by atoms with Gasteiger partial charge in [-0.3, -0.25) is 9.59 Å². The van der Waals surface area contributed by atoms with Gasteiger partial charge in [0.1, 0.15) is 6.33 Å². The molecule has 0 aliphatic rings. The van der Waals surface area contributed by atoms with Gasteiger partial charge in [-0.25, -0.2) is 9.97 Å². The Morgan fingerprint density at radius 3 is 2.42 bits per heavy atom. The number of nitrogens with zero attached hydrogens (tertiary/aromatic N) is 2. The fourth-order valence-corrected chi connectivity index (χ4v) is 2.54. The number of rotatable bonds is 7. The van der Waals surface area contributed by atoms with Crippen LogP contribution in [0.15, 0.2) is 42.9 Å². The first-order valence-corrected chi connectivity index (χ1v) is 7.91. The molecule has 0 fully saturated rings. The van der Waals surface area contributed by atoms with Gasteiger partial charge >= 0.3 is 5.97 Å². The Morgan fingerprint density at radius 1 is 1.17 bits per heavy atom. The van der Waals surface area contributed by atoms with Gasteiger partial charge in [-0.1, -0.05) is 44.2 Å². The van der Waals surface area contributed by atoms with Crippen LogP contribution in [0.4, 0.5) is 0 Å². The summed E-state index contributed by atoms with van der Waals surface area (Å²) in [6, 6.07) is 9.33. The van der Waals surface area contributed by atoms with Gasteiger partial charge in [0.15, 0.2) is 0 Å².